The Balaban J connectivity index is 1.88. The Morgan fingerprint density at radius 3 is 2.30 bits per heavy atom. The quantitative estimate of drug-likeness (QED) is 0.796. The molecule has 2 aliphatic heterocycles. The Labute approximate surface area is 122 Å². The van der Waals surface area contributed by atoms with Crippen molar-refractivity contribution in [3.8, 4) is 6.07 Å². The number of nitriles is 1. The van der Waals surface area contributed by atoms with Crippen LogP contribution in [-0.2, 0) is 4.79 Å². The lowest BCUT2D eigenvalue weighted by atomic mass is 9.86. The number of carbonyl (C=O) groups is 1. The van der Waals surface area contributed by atoms with Gasteiger partial charge in [0, 0.05) is 19.1 Å². The SMILES string of the molecule is CCC(C)(C#N)C(=O)N1CCC(N2CCCCC2)CC1. The van der Waals surface area contributed by atoms with E-state index in [1.807, 2.05) is 11.8 Å². The largest absolute Gasteiger partial charge is 0.341 e. The molecule has 0 aromatic rings. The Morgan fingerprint density at radius 1 is 1.20 bits per heavy atom. The van der Waals surface area contributed by atoms with Crippen LogP contribution in [-0.4, -0.2) is 47.9 Å². The molecule has 4 heteroatoms. The minimum atomic E-state index is -0.835. The second kappa shape index (κ2) is 6.58. The number of hydrogen-bond acceptors (Lipinski definition) is 3. The molecule has 20 heavy (non-hydrogen) atoms. The van der Waals surface area contributed by atoms with Crippen molar-refractivity contribution in [2.24, 2.45) is 5.41 Å². The van der Waals surface area contributed by atoms with Crippen LogP contribution < -0.4 is 0 Å². The molecule has 0 aromatic heterocycles. The zero-order valence-electron chi connectivity index (χ0n) is 12.9. The minimum absolute atomic E-state index is 0.0274. The highest BCUT2D eigenvalue weighted by molar-refractivity contribution is 5.85. The summed E-state index contributed by atoms with van der Waals surface area (Å²) >= 11 is 0. The van der Waals surface area contributed by atoms with Crippen LogP contribution in [0, 0.1) is 16.7 Å². The number of nitrogens with zero attached hydrogens (tertiary/aromatic N) is 3. The molecule has 4 nitrogen and oxygen atoms in total. The smallest absolute Gasteiger partial charge is 0.242 e. The van der Waals surface area contributed by atoms with Crippen molar-refractivity contribution < 1.29 is 4.79 Å². The summed E-state index contributed by atoms with van der Waals surface area (Å²) in [5.41, 5.74) is -0.835. The van der Waals surface area contributed by atoms with Crippen molar-refractivity contribution >= 4 is 5.91 Å². The van der Waals surface area contributed by atoms with E-state index in [1.54, 1.807) is 6.92 Å². The van der Waals surface area contributed by atoms with Gasteiger partial charge in [0.2, 0.25) is 5.91 Å². The van der Waals surface area contributed by atoms with E-state index in [0.717, 1.165) is 25.9 Å². The van der Waals surface area contributed by atoms with Crippen molar-refractivity contribution in [3.05, 3.63) is 0 Å². The van der Waals surface area contributed by atoms with Crippen molar-refractivity contribution in [3.63, 3.8) is 0 Å². The van der Waals surface area contributed by atoms with Crippen LogP contribution in [0.15, 0.2) is 0 Å². The average Bonchev–Trinajstić information content (AvgIpc) is 2.54. The van der Waals surface area contributed by atoms with Gasteiger partial charge in [0.1, 0.15) is 5.41 Å². The van der Waals surface area contributed by atoms with Crippen LogP contribution in [0.25, 0.3) is 0 Å². The Bertz CT molecular complexity index is 376. The van der Waals surface area contributed by atoms with Crippen LogP contribution in [0.3, 0.4) is 0 Å². The van der Waals surface area contributed by atoms with E-state index in [1.165, 1.54) is 32.4 Å². The number of amides is 1. The van der Waals surface area contributed by atoms with Gasteiger partial charge < -0.3 is 9.80 Å². The van der Waals surface area contributed by atoms with Gasteiger partial charge in [0.25, 0.3) is 0 Å². The van der Waals surface area contributed by atoms with Gasteiger partial charge >= 0.3 is 0 Å². The molecule has 1 amide bonds. The molecule has 2 rings (SSSR count). The maximum absolute atomic E-state index is 12.5. The average molecular weight is 277 g/mol. The first-order valence-corrected chi connectivity index (χ1v) is 8.05. The molecule has 0 spiro atoms. The molecule has 0 N–H and O–H groups in total. The highest BCUT2D eigenvalue weighted by Gasteiger charge is 2.37. The first kappa shape index (κ1) is 15.3. The van der Waals surface area contributed by atoms with Crippen molar-refractivity contribution in [2.75, 3.05) is 26.2 Å². The van der Waals surface area contributed by atoms with E-state index < -0.39 is 5.41 Å². The van der Waals surface area contributed by atoms with Gasteiger partial charge in [-0.3, -0.25) is 4.79 Å². The molecule has 2 heterocycles. The summed E-state index contributed by atoms with van der Waals surface area (Å²) in [6, 6.07) is 2.85. The highest BCUT2D eigenvalue weighted by atomic mass is 16.2. The Kier molecular flexibility index (Phi) is 5.04. The minimum Gasteiger partial charge on any atom is -0.341 e. The van der Waals surface area contributed by atoms with E-state index in [2.05, 4.69) is 11.0 Å². The fourth-order valence-electron chi connectivity index (χ4n) is 3.34. The maximum atomic E-state index is 12.5. The normalized spacial score (nSPS) is 24.9. The summed E-state index contributed by atoms with van der Waals surface area (Å²) < 4.78 is 0. The van der Waals surface area contributed by atoms with Crippen LogP contribution in [0.1, 0.15) is 52.4 Å². The van der Waals surface area contributed by atoms with Crippen molar-refractivity contribution in [2.45, 2.75) is 58.4 Å². The molecule has 1 atom stereocenters. The molecule has 0 aliphatic carbocycles. The van der Waals surface area contributed by atoms with E-state index in [-0.39, 0.29) is 5.91 Å². The van der Waals surface area contributed by atoms with Crippen molar-refractivity contribution in [1.29, 1.82) is 5.26 Å². The fourth-order valence-corrected chi connectivity index (χ4v) is 3.34. The highest BCUT2D eigenvalue weighted by Crippen LogP contribution is 2.27. The Hall–Kier alpha value is -1.08. The lowest BCUT2D eigenvalue weighted by Crippen LogP contribution is -2.51. The molecule has 0 bridgehead atoms. The standard InChI is InChI=1S/C16H27N3O/c1-3-16(2,13-17)15(20)19-11-7-14(8-12-19)18-9-5-4-6-10-18/h14H,3-12H2,1-2H3. The van der Waals surface area contributed by atoms with Crippen LogP contribution in [0.2, 0.25) is 0 Å². The molecule has 2 saturated heterocycles. The zero-order chi connectivity index (χ0) is 14.6. The number of piperidine rings is 2. The van der Waals surface area contributed by atoms with Gasteiger partial charge in [-0.05, 0) is 52.1 Å². The second-order valence-electron chi connectivity index (χ2n) is 6.42. The first-order chi connectivity index (χ1) is 9.60. The van der Waals surface area contributed by atoms with E-state index >= 15 is 0 Å². The third kappa shape index (κ3) is 3.15. The zero-order valence-corrected chi connectivity index (χ0v) is 12.9. The predicted molar refractivity (Wildman–Crippen MR) is 79.0 cm³/mol. The topological polar surface area (TPSA) is 47.3 Å². The van der Waals surface area contributed by atoms with Crippen LogP contribution in [0.5, 0.6) is 0 Å². The lowest BCUT2D eigenvalue weighted by molar-refractivity contribution is -0.140. The first-order valence-electron chi connectivity index (χ1n) is 8.05. The molecular formula is C16H27N3O. The molecule has 0 aromatic carbocycles. The van der Waals surface area contributed by atoms with Gasteiger partial charge in [-0.25, -0.2) is 0 Å². The van der Waals surface area contributed by atoms with Crippen molar-refractivity contribution in [1.82, 2.24) is 9.80 Å². The second-order valence-corrected chi connectivity index (χ2v) is 6.42. The number of hydrogen-bond donors (Lipinski definition) is 0. The summed E-state index contributed by atoms with van der Waals surface area (Å²) in [7, 11) is 0. The van der Waals surface area contributed by atoms with Gasteiger partial charge in [-0.2, -0.15) is 5.26 Å². The van der Waals surface area contributed by atoms with E-state index in [0.29, 0.717) is 12.5 Å². The van der Waals surface area contributed by atoms with Gasteiger partial charge in [0.05, 0.1) is 6.07 Å². The summed E-state index contributed by atoms with van der Waals surface area (Å²) in [5.74, 6) is 0.0274. The van der Waals surface area contributed by atoms with E-state index in [4.69, 9.17) is 0 Å². The predicted octanol–water partition coefficient (Wildman–Crippen LogP) is 2.40. The maximum Gasteiger partial charge on any atom is 0.242 e. The molecular weight excluding hydrogens is 250 g/mol. The number of rotatable bonds is 3. The lowest BCUT2D eigenvalue weighted by Gasteiger charge is -2.41. The fraction of sp³-hybridized carbons (Fsp3) is 0.875. The molecule has 0 radical (unpaired) electrons. The van der Waals surface area contributed by atoms with Gasteiger partial charge in [-0.1, -0.05) is 13.3 Å². The molecule has 1 unspecified atom stereocenters. The summed E-state index contributed by atoms with van der Waals surface area (Å²) in [6.45, 7) is 7.77. The molecule has 112 valence electrons. The summed E-state index contributed by atoms with van der Waals surface area (Å²) in [5, 5.41) is 9.24. The number of likely N-dealkylation sites (tertiary alicyclic amines) is 2. The molecule has 2 aliphatic rings. The molecule has 2 fully saturated rings. The van der Waals surface area contributed by atoms with Gasteiger partial charge in [0.15, 0.2) is 0 Å². The summed E-state index contributed by atoms with van der Waals surface area (Å²) in [6.07, 6.45) is 6.73. The Morgan fingerprint density at radius 2 is 1.80 bits per heavy atom. The third-order valence-electron chi connectivity index (χ3n) is 5.08. The van der Waals surface area contributed by atoms with E-state index in [9.17, 15) is 10.1 Å². The van der Waals surface area contributed by atoms with Crippen LogP contribution >= 0.6 is 0 Å². The van der Waals surface area contributed by atoms with Gasteiger partial charge in [-0.15, -0.1) is 0 Å². The third-order valence-corrected chi connectivity index (χ3v) is 5.08. The number of carbonyl (C=O) groups excluding carboxylic acids is 1. The molecule has 0 saturated carbocycles. The summed E-state index contributed by atoms with van der Waals surface area (Å²) in [4.78, 5) is 17.0. The van der Waals surface area contributed by atoms with Crippen LogP contribution in [0.4, 0.5) is 0 Å². The monoisotopic (exact) mass is 277 g/mol.